The Balaban J connectivity index is 2.04. The van der Waals surface area contributed by atoms with Crippen LogP contribution in [0.5, 0.6) is 5.88 Å². The quantitative estimate of drug-likeness (QED) is 0.717. The molecular formula is C17H24N4O. The van der Waals surface area contributed by atoms with Gasteiger partial charge in [0.05, 0.1) is 6.61 Å². The van der Waals surface area contributed by atoms with Gasteiger partial charge in [-0.2, -0.15) is 4.98 Å². The molecule has 0 aliphatic rings. The lowest BCUT2D eigenvalue weighted by Gasteiger charge is -2.10. The molecule has 0 amide bonds. The Bertz CT molecular complexity index is 560. The highest BCUT2D eigenvalue weighted by molar-refractivity contribution is 5.39. The number of hydrogen-bond acceptors (Lipinski definition) is 5. The topological polar surface area (TPSA) is 59.9 Å². The largest absolute Gasteiger partial charge is 0.478 e. The molecule has 0 fully saturated rings. The average Bonchev–Trinajstić information content (AvgIpc) is 2.54. The lowest BCUT2D eigenvalue weighted by atomic mass is 10.3. The zero-order chi connectivity index (χ0) is 15.6. The summed E-state index contributed by atoms with van der Waals surface area (Å²) in [5, 5.41) is 3.33. The Labute approximate surface area is 132 Å². The van der Waals surface area contributed by atoms with E-state index in [4.69, 9.17) is 4.74 Å². The number of aryl methyl sites for hydroxylation is 1. The van der Waals surface area contributed by atoms with Crippen molar-refractivity contribution in [2.75, 3.05) is 11.9 Å². The fourth-order valence-corrected chi connectivity index (χ4v) is 1.99. The Morgan fingerprint density at radius 1 is 1.09 bits per heavy atom. The number of anilines is 1. The standard InChI is InChI=1S/C17H24N4O/c1-3-5-11-22-17-12-16(20-15(21-17)6-4-2)19-13-14-7-9-18-10-8-14/h7-10,12H,3-6,11,13H2,1-2H3,(H,19,20,21). The van der Waals surface area contributed by atoms with Crippen LogP contribution in [0.4, 0.5) is 5.82 Å². The normalized spacial score (nSPS) is 10.5. The third-order valence-corrected chi connectivity index (χ3v) is 3.19. The van der Waals surface area contributed by atoms with Gasteiger partial charge in [0.25, 0.3) is 0 Å². The molecule has 0 aliphatic heterocycles. The van der Waals surface area contributed by atoms with Gasteiger partial charge < -0.3 is 10.1 Å². The molecule has 118 valence electrons. The molecule has 0 atom stereocenters. The number of pyridine rings is 1. The second-order valence-corrected chi connectivity index (χ2v) is 5.17. The maximum Gasteiger partial charge on any atom is 0.218 e. The molecule has 2 aromatic rings. The summed E-state index contributed by atoms with van der Waals surface area (Å²) in [6, 6.07) is 5.84. The van der Waals surface area contributed by atoms with Crippen LogP contribution in [0.1, 0.15) is 44.5 Å². The van der Waals surface area contributed by atoms with E-state index >= 15 is 0 Å². The van der Waals surface area contributed by atoms with Crippen LogP contribution < -0.4 is 10.1 Å². The summed E-state index contributed by atoms with van der Waals surface area (Å²) < 4.78 is 5.72. The van der Waals surface area contributed by atoms with E-state index in [2.05, 4.69) is 34.1 Å². The van der Waals surface area contributed by atoms with Crippen molar-refractivity contribution in [3.8, 4) is 5.88 Å². The summed E-state index contributed by atoms with van der Waals surface area (Å²) >= 11 is 0. The molecule has 2 rings (SSSR count). The van der Waals surface area contributed by atoms with Crippen LogP contribution in [0, 0.1) is 0 Å². The monoisotopic (exact) mass is 300 g/mol. The number of hydrogen-bond donors (Lipinski definition) is 1. The lowest BCUT2D eigenvalue weighted by Crippen LogP contribution is -2.07. The highest BCUT2D eigenvalue weighted by Crippen LogP contribution is 2.16. The Hall–Kier alpha value is -2.17. The van der Waals surface area contributed by atoms with E-state index in [1.807, 2.05) is 18.2 Å². The van der Waals surface area contributed by atoms with Crippen LogP contribution in [0.15, 0.2) is 30.6 Å². The first-order chi connectivity index (χ1) is 10.8. The van der Waals surface area contributed by atoms with Crippen molar-refractivity contribution >= 4 is 5.82 Å². The maximum atomic E-state index is 5.72. The Kier molecular flexibility index (Phi) is 6.61. The third kappa shape index (κ3) is 5.31. The van der Waals surface area contributed by atoms with Gasteiger partial charge in [-0.25, -0.2) is 4.98 Å². The summed E-state index contributed by atoms with van der Waals surface area (Å²) in [6.45, 7) is 5.67. The molecular weight excluding hydrogens is 276 g/mol. The van der Waals surface area contributed by atoms with Gasteiger partial charge in [0.15, 0.2) is 0 Å². The molecule has 0 saturated carbocycles. The van der Waals surface area contributed by atoms with Gasteiger partial charge >= 0.3 is 0 Å². The van der Waals surface area contributed by atoms with E-state index in [-0.39, 0.29) is 0 Å². The summed E-state index contributed by atoms with van der Waals surface area (Å²) in [5.74, 6) is 2.29. The minimum Gasteiger partial charge on any atom is -0.478 e. The molecule has 0 spiro atoms. The van der Waals surface area contributed by atoms with Crippen LogP contribution >= 0.6 is 0 Å². The Morgan fingerprint density at radius 2 is 1.91 bits per heavy atom. The van der Waals surface area contributed by atoms with Gasteiger partial charge in [0, 0.05) is 31.4 Å². The van der Waals surface area contributed by atoms with Crippen LogP contribution in [0.3, 0.4) is 0 Å². The molecule has 2 aromatic heterocycles. The molecule has 22 heavy (non-hydrogen) atoms. The first kappa shape index (κ1) is 16.2. The molecule has 2 heterocycles. The molecule has 0 aromatic carbocycles. The van der Waals surface area contributed by atoms with E-state index in [0.29, 0.717) is 19.0 Å². The smallest absolute Gasteiger partial charge is 0.218 e. The second-order valence-electron chi connectivity index (χ2n) is 5.17. The van der Waals surface area contributed by atoms with E-state index in [1.165, 1.54) is 5.56 Å². The zero-order valence-corrected chi connectivity index (χ0v) is 13.4. The van der Waals surface area contributed by atoms with Gasteiger partial charge in [0.2, 0.25) is 5.88 Å². The first-order valence-electron chi connectivity index (χ1n) is 7.95. The van der Waals surface area contributed by atoms with Crippen LogP contribution in [0.2, 0.25) is 0 Å². The van der Waals surface area contributed by atoms with Crippen LogP contribution in [-0.4, -0.2) is 21.6 Å². The van der Waals surface area contributed by atoms with Crippen LogP contribution in [0.25, 0.3) is 0 Å². The Morgan fingerprint density at radius 3 is 2.64 bits per heavy atom. The summed E-state index contributed by atoms with van der Waals surface area (Å²) in [5.41, 5.74) is 1.17. The first-order valence-corrected chi connectivity index (χ1v) is 7.95. The van der Waals surface area contributed by atoms with Crippen LogP contribution in [-0.2, 0) is 13.0 Å². The van der Waals surface area contributed by atoms with E-state index in [1.54, 1.807) is 12.4 Å². The van der Waals surface area contributed by atoms with Crippen molar-refractivity contribution in [3.63, 3.8) is 0 Å². The highest BCUT2D eigenvalue weighted by Gasteiger charge is 2.05. The SMILES string of the molecule is CCCCOc1cc(NCc2ccncc2)nc(CCC)n1. The number of aromatic nitrogens is 3. The van der Waals surface area contributed by atoms with Gasteiger partial charge in [-0.05, 0) is 30.5 Å². The van der Waals surface area contributed by atoms with E-state index < -0.39 is 0 Å². The van der Waals surface area contributed by atoms with Gasteiger partial charge in [-0.1, -0.05) is 20.3 Å². The summed E-state index contributed by atoms with van der Waals surface area (Å²) in [6.07, 6.45) is 7.60. The predicted octanol–water partition coefficient (Wildman–Crippen LogP) is 3.62. The molecule has 1 N–H and O–H groups in total. The molecule has 0 aliphatic carbocycles. The lowest BCUT2D eigenvalue weighted by molar-refractivity contribution is 0.296. The molecule has 0 unspecified atom stereocenters. The fraction of sp³-hybridized carbons (Fsp3) is 0.471. The molecule has 0 radical (unpaired) electrons. The van der Waals surface area contributed by atoms with Crippen molar-refractivity contribution in [3.05, 3.63) is 42.0 Å². The van der Waals surface area contributed by atoms with Gasteiger partial charge in [-0.15, -0.1) is 0 Å². The average molecular weight is 300 g/mol. The number of nitrogens with one attached hydrogen (secondary N) is 1. The number of rotatable bonds is 9. The van der Waals surface area contributed by atoms with E-state index in [0.717, 1.165) is 37.3 Å². The van der Waals surface area contributed by atoms with Crippen molar-refractivity contribution in [2.45, 2.75) is 46.1 Å². The van der Waals surface area contributed by atoms with Crippen molar-refractivity contribution in [1.29, 1.82) is 0 Å². The van der Waals surface area contributed by atoms with Crippen molar-refractivity contribution < 1.29 is 4.74 Å². The molecule has 0 bridgehead atoms. The molecule has 5 nitrogen and oxygen atoms in total. The number of nitrogens with zero attached hydrogens (tertiary/aromatic N) is 3. The third-order valence-electron chi connectivity index (χ3n) is 3.19. The van der Waals surface area contributed by atoms with Gasteiger partial charge in [-0.3, -0.25) is 4.98 Å². The minimum absolute atomic E-state index is 0.657. The predicted molar refractivity (Wildman–Crippen MR) is 88.0 cm³/mol. The highest BCUT2D eigenvalue weighted by atomic mass is 16.5. The summed E-state index contributed by atoms with van der Waals surface area (Å²) in [7, 11) is 0. The minimum atomic E-state index is 0.657. The number of unbranched alkanes of at least 4 members (excludes halogenated alkanes) is 1. The van der Waals surface area contributed by atoms with Crippen molar-refractivity contribution in [1.82, 2.24) is 15.0 Å². The van der Waals surface area contributed by atoms with Crippen molar-refractivity contribution in [2.24, 2.45) is 0 Å². The molecule has 0 saturated heterocycles. The molecule has 5 heteroatoms. The maximum absolute atomic E-state index is 5.72. The number of ether oxygens (including phenoxy) is 1. The van der Waals surface area contributed by atoms with E-state index in [9.17, 15) is 0 Å². The summed E-state index contributed by atoms with van der Waals surface area (Å²) in [4.78, 5) is 13.0. The van der Waals surface area contributed by atoms with Gasteiger partial charge in [0.1, 0.15) is 11.6 Å². The fourth-order valence-electron chi connectivity index (χ4n) is 1.99. The second kappa shape index (κ2) is 8.97. The zero-order valence-electron chi connectivity index (χ0n) is 13.4.